The molecular weight excluding hydrogens is 428 g/mol. The molecule has 0 spiro atoms. The normalized spacial score (nSPS) is 11.0. The molecule has 2 aromatic carbocycles. The topological polar surface area (TPSA) is 115 Å². The molecule has 1 N–H and O–H groups in total. The number of nitrogens with one attached hydrogen (secondary N) is 1. The molecule has 3 rings (SSSR count). The number of rotatable bonds is 8. The fourth-order valence-electron chi connectivity index (χ4n) is 2.59. The molecule has 0 aliphatic rings. The van der Waals surface area contributed by atoms with Crippen LogP contribution in [0.1, 0.15) is 12.5 Å². The minimum absolute atomic E-state index is 0.0625. The maximum Gasteiger partial charge on any atom is 0.278 e. The lowest BCUT2D eigenvalue weighted by Crippen LogP contribution is -2.20. The number of carbonyl (C=O) groups is 1. The molecule has 1 amide bonds. The van der Waals surface area contributed by atoms with Crippen molar-refractivity contribution in [2.45, 2.75) is 18.6 Å². The Kier molecular flexibility index (Phi) is 7.15. The lowest BCUT2D eigenvalue weighted by Gasteiger charge is -2.07. The van der Waals surface area contributed by atoms with Crippen molar-refractivity contribution in [3.8, 4) is 11.4 Å². The van der Waals surface area contributed by atoms with Gasteiger partial charge in [-0.1, -0.05) is 35.5 Å². The second-order valence-corrected chi connectivity index (χ2v) is 7.33. The molecule has 0 bridgehead atoms. The molecule has 9 nitrogen and oxygen atoms in total. The smallest absolute Gasteiger partial charge is 0.278 e. The van der Waals surface area contributed by atoms with Crippen LogP contribution in [0.4, 0.5) is 5.69 Å². The van der Waals surface area contributed by atoms with Crippen LogP contribution in [0.25, 0.3) is 11.4 Å². The van der Waals surface area contributed by atoms with Gasteiger partial charge in [-0.2, -0.15) is 5.10 Å². The van der Waals surface area contributed by atoms with Gasteiger partial charge in [0.05, 0.1) is 22.5 Å². The Hall–Kier alpha value is -3.24. The van der Waals surface area contributed by atoms with Gasteiger partial charge < -0.3 is 4.57 Å². The van der Waals surface area contributed by atoms with Crippen LogP contribution in [0.5, 0.6) is 0 Å². The number of aromatic nitrogens is 3. The number of nitrogens with zero attached hydrogens (tertiary/aromatic N) is 5. The summed E-state index contributed by atoms with van der Waals surface area (Å²) >= 11 is 7.15. The van der Waals surface area contributed by atoms with Crippen molar-refractivity contribution >= 4 is 41.2 Å². The highest BCUT2D eigenvalue weighted by atomic mass is 35.5. The number of para-hydroxylation sites is 1. The standard InChI is InChI=1S/C19H17ClN6O3S/c1-2-25-18(13-7-9-15(20)10-8-13)23-24-19(25)30-12-17(27)22-21-11-14-5-3-4-6-16(14)26(28)29/h3-11H,2,12H2,1H3,(H,22,27). The first-order chi connectivity index (χ1) is 14.5. The molecule has 0 atom stereocenters. The van der Waals surface area contributed by atoms with E-state index in [0.717, 1.165) is 5.56 Å². The Morgan fingerprint density at radius 2 is 2.00 bits per heavy atom. The Morgan fingerprint density at radius 3 is 2.70 bits per heavy atom. The molecule has 0 saturated carbocycles. The first kappa shape index (κ1) is 21.5. The number of hydrogen-bond donors (Lipinski definition) is 1. The summed E-state index contributed by atoms with van der Waals surface area (Å²) in [6, 6.07) is 13.4. The summed E-state index contributed by atoms with van der Waals surface area (Å²) in [5, 5.41) is 24.4. The molecular formula is C19H17ClN6O3S. The first-order valence-electron chi connectivity index (χ1n) is 8.87. The molecule has 1 aromatic heterocycles. The predicted molar refractivity (Wildman–Crippen MR) is 116 cm³/mol. The van der Waals surface area contributed by atoms with Crippen LogP contribution in [-0.4, -0.2) is 37.6 Å². The van der Waals surface area contributed by atoms with Crippen molar-refractivity contribution < 1.29 is 9.72 Å². The summed E-state index contributed by atoms with van der Waals surface area (Å²) in [4.78, 5) is 22.6. The van der Waals surface area contributed by atoms with E-state index >= 15 is 0 Å². The summed E-state index contributed by atoms with van der Waals surface area (Å²) in [6.07, 6.45) is 1.24. The molecule has 30 heavy (non-hydrogen) atoms. The Morgan fingerprint density at radius 1 is 1.27 bits per heavy atom. The zero-order chi connectivity index (χ0) is 21.5. The SMILES string of the molecule is CCn1c(SCC(=O)NN=Cc2ccccc2[N+](=O)[O-])nnc1-c1ccc(Cl)cc1. The fraction of sp³-hybridized carbons (Fsp3) is 0.158. The average Bonchev–Trinajstić information content (AvgIpc) is 3.16. The van der Waals surface area contributed by atoms with E-state index in [9.17, 15) is 14.9 Å². The first-order valence-corrected chi connectivity index (χ1v) is 10.2. The van der Waals surface area contributed by atoms with Crippen molar-refractivity contribution in [3.63, 3.8) is 0 Å². The van der Waals surface area contributed by atoms with Gasteiger partial charge in [-0.25, -0.2) is 5.43 Å². The number of hydrogen-bond acceptors (Lipinski definition) is 7. The Labute approximate surface area is 181 Å². The quantitative estimate of drug-likeness (QED) is 0.245. The van der Waals surface area contributed by atoms with E-state index in [4.69, 9.17) is 11.6 Å². The van der Waals surface area contributed by atoms with E-state index in [1.165, 1.54) is 24.0 Å². The third-order valence-electron chi connectivity index (χ3n) is 3.99. The van der Waals surface area contributed by atoms with Gasteiger partial charge >= 0.3 is 0 Å². The van der Waals surface area contributed by atoms with Gasteiger partial charge in [-0.3, -0.25) is 14.9 Å². The number of halogens is 1. The number of amides is 1. The predicted octanol–water partition coefficient (Wildman–Crippen LogP) is 3.77. The number of thioether (sulfide) groups is 1. The Bertz CT molecular complexity index is 1080. The maximum atomic E-state index is 12.1. The van der Waals surface area contributed by atoms with E-state index in [2.05, 4.69) is 20.7 Å². The van der Waals surface area contributed by atoms with Crippen molar-refractivity contribution in [2.24, 2.45) is 5.10 Å². The molecule has 154 valence electrons. The summed E-state index contributed by atoms with van der Waals surface area (Å²) in [5.41, 5.74) is 3.45. The molecule has 0 aliphatic carbocycles. The molecule has 3 aromatic rings. The summed E-state index contributed by atoms with van der Waals surface area (Å²) in [6.45, 7) is 2.59. The summed E-state index contributed by atoms with van der Waals surface area (Å²) in [5.74, 6) is 0.382. The number of nitro groups is 1. The molecule has 0 unspecified atom stereocenters. The highest BCUT2D eigenvalue weighted by molar-refractivity contribution is 7.99. The fourth-order valence-corrected chi connectivity index (χ4v) is 3.51. The van der Waals surface area contributed by atoms with Crippen molar-refractivity contribution in [2.75, 3.05) is 5.75 Å². The summed E-state index contributed by atoms with van der Waals surface area (Å²) in [7, 11) is 0. The molecule has 0 aliphatic heterocycles. The number of nitro benzene ring substituents is 1. The van der Waals surface area contributed by atoms with Gasteiger partial charge in [-0.05, 0) is 37.3 Å². The van der Waals surface area contributed by atoms with Crippen LogP contribution in [0.2, 0.25) is 5.02 Å². The van der Waals surface area contributed by atoms with Crippen LogP contribution in [0.3, 0.4) is 0 Å². The molecule has 0 radical (unpaired) electrons. The van der Waals surface area contributed by atoms with Gasteiger partial charge in [0.2, 0.25) is 0 Å². The van der Waals surface area contributed by atoms with Gasteiger partial charge in [0.1, 0.15) is 0 Å². The van der Waals surface area contributed by atoms with Crippen molar-refractivity contribution in [3.05, 3.63) is 69.2 Å². The van der Waals surface area contributed by atoms with E-state index in [1.807, 2.05) is 23.6 Å². The molecule has 0 saturated heterocycles. The van der Waals surface area contributed by atoms with E-state index < -0.39 is 4.92 Å². The minimum atomic E-state index is -0.505. The van der Waals surface area contributed by atoms with E-state index in [0.29, 0.717) is 28.1 Å². The monoisotopic (exact) mass is 444 g/mol. The van der Waals surface area contributed by atoms with Crippen molar-refractivity contribution in [1.29, 1.82) is 0 Å². The van der Waals surface area contributed by atoms with Gasteiger partial charge in [0.25, 0.3) is 11.6 Å². The molecule has 1 heterocycles. The highest BCUT2D eigenvalue weighted by Gasteiger charge is 2.15. The minimum Gasteiger partial charge on any atom is -0.302 e. The second-order valence-electron chi connectivity index (χ2n) is 5.96. The third kappa shape index (κ3) is 5.22. The van der Waals surface area contributed by atoms with Crippen LogP contribution in [0, 0.1) is 10.1 Å². The van der Waals surface area contributed by atoms with Gasteiger partial charge in [-0.15, -0.1) is 10.2 Å². The van der Waals surface area contributed by atoms with Crippen molar-refractivity contribution in [1.82, 2.24) is 20.2 Å². The average molecular weight is 445 g/mol. The van der Waals surface area contributed by atoms with Crippen LogP contribution in [0.15, 0.2) is 58.8 Å². The highest BCUT2D eigenvalue weighted by Crippen LogP contribution is 2.25. The molecule has 0 fully saturated rings. The maximum absolute atomic E-state index is 12.1. The zero-order valence-corrected chi connectivity index (χ0v) is 17.4. The summed E-state index contributed by atoms with van der Waals surface area (Å²) < 4.78 is 1.90. The van der Waals surface area contributed by atoms with Gasteiger partial charge in [0, 0.05) is 23.2 Å². The van der Waals surface area contributed by atoms with E-state index in [-0.39, 0.29) is 17.3 Å². The molecule has 11 heteroatoms. The number of benzene rings is 2. The van der Waals surface area contributed by atoms with Gasteiger partial charge in [0.15, 0.2) is 11.0 Å². The zero-order valence-electron chi connectivity index (χ0n) is 15.9. The van der Waals surface area contributed by atoms with Crippen LogP contribution in [-0.2, 0) is 11.3 Å². The second kappa shape index (κ2) is 9.99. The lowest BCUT2D eigenvalue weighted by atomic mass is 10.2. The third-order valence-corrected chi connectivity index (χ3v) is 5.21. The number of carbonyl (C=O) groups excluding carboxylic acids is 1. The van der Waals surface area contributed by atoms with Crippen LogP contribution < -0.4 is 5.43 Å². The number of hydrazone groups is 1. The largest absolute Gasteiger partial charge is 0.302 e. The Balaban J connectivity index is 1.61. The van der Waals surface area contributed by atoms with E-state index in [1.54, 1.807) is 30.3 Å². The lowest BCUT2D eigenvalue weighted by molar-refractivity contribution is -0.385. The van der Waals surface area contributed by atoms with Crippen LogP contribution >= 0.6 is 23.4 Å².